The van der Waals surface area contributed by atoms with E-state index in [-0.39, 0.29) is 18.6 Å². The Morgan fingerprint density at radius 2 is 2.33 bits per heavy atom. The summed E-state index contributed by atoms with van der Waals surface area (Å²) in [4.78, 5) is 15.6. The highest BCUT2D eigenvalue weighted by atomic mass is 16.5. The molecule has 2 N–H and O–H groups in total. The molecule has 2 heterocycles. The molecule has 1 saturated heterocycles. The van der Waals surface area contributed by atoms with Crippen LogP contribution in [0.2, 0.25) is 0 Å². The van der Waals surface area contributed by atoms with Gasteiger partial charge in [0.1, 0.15) is 6.61 Å². The maximum atomic E-state index is 11.6. The average Bonchev–Trinajstić information content (AvgIpc) is 2.45. The number of hydrogen-bond donors (Lipinski definition) is 2. The molecule has 1 aliphatic rings. The van der Waals surface area contributed by atoms with Crippen LogP contribution in [0.3, 0.4) is 0 Å². The molecule has 0 atom stereocenters. The highest BCUT2D eigenvalue weighted by molar-refractivity contribution is 5.77. The fourth-order valence-corrected chi connectivity index (χ4v) is 1.91. The first kappa shape index (κ1) is 13.0. The van der Waals surface area contributed by atoms with Crippen molar-refractivity contribution in [2.75, 3.05) is 19.7 Å². The van der Waals surface area contributed by atoms with E-state index in [1.54, 1.807) is 12.4 Å². The van der Waals surface area contributed by atoms with E-state index in [1.165, 1.54) is 0 Å². The van der Waals surface area contributed by atoms with E-state index < -0.39 is 0 Å². The van der Waals surface area contributed by atoms with Gasteiger partial charge in [0.2, 0.25) is 5.91 Å². The van der Waals surface area contributed by atoms with Crippen LogP contribution < -0.4 is 10.6 Å². The van der Waals surface area contributed by atoms with Crippen molar-refractivity contribution in [3.8, 4) is 0 Å². The van der Waals surface area contributed by atoms with E-state index in [0.717, 1.165) is 31.5 Å². The van der Waals surface area contributed by atoms with Crippen molar-refractivity contribution in [1.82, 2.24) is 15.6 Å². The van der Waals surface area contributed by atoms with Crippen molar-refractivity contribution >= 4 is 5.91 Å². The highest BCUT2D eigenvalue weighted by Gasteiger charge is 2.14. The summed E-state index contributed by atoms with van der Waals surface area (Å²) in [6.45, 7) is 2.59. The number of piperidine rings is 1. The molecule has 1 aromatic heterocycles. The third-order valence-corrected chi connectivity index (χ3v) is 2.95. The Hall–Kier alpha value is -1.46. The number of amides is 1. The second kappa shape index (κ2) is 7.08. The van der Waals surface area contributed by atoms with Crippen LogP contribution in [-0.4, -0.2) is 36.7 Å². The molecule has 0 spiro atoms. The largest absolute Gasteiger partial charge is 0.368 e. The van der Waals surface area contributed by atoms with Gasteiger partial charge in [0.15, 0.2) is 0 Å². The molecule has 0 bridgehead atoms. The zero-order valence-electron chi connectivity index (χ0n) is 10.4. The lowest BCUT2D eigenvalue weighted by molar-refractivity contribution is -0.128. The van der Waals surface area contributed by atoms with Crippen molar-refractivity contribution in [3.63, 3.8) is 0 Å². The number of rotatable bonds is 5. The maximum absolute atomic E-state index is 11.6. The molecule has 5 nitrogen and oxygen atoms in total. The van der Waals surface area contributed by atoms with Crippen molar-refractivity contribution < 1.29 is 9.53 Å². The molecular formula is C13H19N3O2. The topological polar surface area (TPSA) is 63.2 Å². The van der Waals surface area contributed by atoms with Crippen molar-refractivity contribution in [3.05, 3.63) is 30.1 Å². The summed E-state index contributed by atoms with van der Waals surface area (Å²) in [7, 11) is 0. The van der Waals surface area contributed by atoms with Crippen LogP contribution in [0.4, 0.5) is 0 Å². The number of ether oxygens (including phenoxy) is 1. The van der Waals surface area contributed by atoms with Crippen molar-refractivity contribution in [2.45, 2.75) is 25.5 Å². The minimum absolute atomic E-state index is 0.0719. The normalized spacial score (nSPS) is 16.4. The number of hydrogen-bond acceptors (Lipinski definition) is 4. The SMILES string of the molecule is O=C(COC1CCNCC1)NCc1cccnc1. The molecule has 0 aromatic carbocycles. The molecule has 2 rings (SSSR count). The molecular weight excluding hydrogens is 230 g/mol. The fraction of sp³-hybridized carbons (Fsp3) is 0.538. The van der Waals surface area contributed by atoms with E-state index in [4.69, 9.17) is 4.74 Å². The standard InChI is InChI=1S/C13H19N3O2/c17-13(10-18-12-3-6-14-7-4-12)16-9-11-2-1-5-15-8-11/h1-2,5,8,12,14H,3-4,6-7,9-10H2,(H,16,17). The Morgan fingerprint density at radius 3 is 3.06 bits per heavy atom. The van der Waals surface area contributed by atoms with Crippen molar-refractivity contribution in [2.24, 2.45) is 0 Å². The molecule has 98 valence electrons. The number of aromatic nitrogens is 1. The molecule has 1 amide bonds. The van der Waals surface area contributed by atoms with Crippen LogP contribution in [0.1, 0.15) is 18.4 Å². The number of carbonyl (C=O) groups is 1. The lowest BCUT2D eigenvalue weighted by atomic mass is 10.1. The van der Waals surface area contributed by atoms with Gasteiger partial charge in [0.25, 0.3) is 0 Å². The van der Waals surface area contributed by atoms with Gasteiger partial charge in [-0.05, 0) is 37.6 Å². The van der Waals surface area contributed by atoms with E-state index >= 15 is 0 Å². The van der Waals surface area contributed by atoms with Gasteiger partial charge in [-0.1, -0.05) is 6.07 Å². The summed E-state index contributed by atoms with van der Waals surface area (Å²) in [5.74, 6) is -0.0719. The van der Waals surface area contributed by atoms with Gasteiger partial charge in [-0.25, -0.2) is 0 Å². The molecule has 1 fully saturated rings. The predicted molar refractivity (Wildman–Crippen MR) is 67.9 cm³/mol. The smallest absolute Gasteiger partial charge is 0.246 e. The summed E-state index contributed by atoms with van der Waals surface area (Å²) >= 11 is 0. The number of pyridine rings is 1. The van der Waals surface area contributed by atoms with Gasteiger partial charge >= 0.3 is 0 Å². The zero-order chi connectivity index (χ0) is 12.6. The zero-order valence-corrected chi connectivity index (χ0v) is 10.4. The summed E-state index contributed by atoms with van der Waals surface area (Å²) < 4.78 is 5.57. The number of nitrogens with one attached hydrogen (secondary N) is 2. The highest BCUT2D eigenvalue weighted by Crippen LogP contribution is 2.06. The first-order valence-corrected chi connectivity index (χ1v) is 6.32. The van der Waals surface area contributed by atoms with Gasteiger partial charge in [-0.2, -0.15) is 0 Å². The summed E-state index contributed by atoms with van der Waals surface area (Å²) in [5.41, 5.74) is 0.993. The molecule has 5 heteroatoms. The van der Waals surface area contributed by atoms with Gasteiger partial charge in [0, 0.05) is 18.9 Å². The lowest BCUT2D eigenvalue weighted by Gasteiger charge is -2.22. The van der Waals surface area contributed by atoms with Gasteiger partial charge in [-0.15, -0.1) is 0 Å². The van der Waals surface area contributed by atoms with E-state index in [2.05, 4.69) is 15.6 Å². The second-order valence-corrected chi connectivity index (χ2v) is 4.40. The molecule has 0 saturated carbocycles. The molecule has 0 unspecified atom stereocenters. The Morgan fingerprint density at radius 1 is 1.50 bits per heavy atom. The van der Waals surface area contributed by atoms with E-state index in [0.29, 0.717) is 6.54 Å². The third-order valence-electron chi connectivity index (χ3n) is 2.95. The van der Waals surface area contributed by atoms with Gasteiger partial charge < -0.3 is 15.4 Å². The van der Waals surface area contributed by atoms with Crippen LogP contribution >= 0.6 is 0 Å². The second-order valence-electron chi connectivity index (χ2n) is 4.40. The first-order chi connectivity index (χ1) is 8.84. The Kier molecular flexibility index (Phi) is 5.11. The Balaban J connectivity index is 1.63. The third kappa shape index (κ3) is 4.43. The van der Waals surface area contributed by atoms with Crippen LogP contribution in [0, 0.1) is 0 Å². The molecule has 1 aromatic rings. The van der Waals surface area contributed by atoms with Crippen molar-refractivity contribution in [1.29, 1.82) is 0 Å². The maximum Gasteiger partial charge on any atom is 0.246 e. The minimum atomic E-state index is -0.0719. The summed E-state index contributed by atoms with van der Waals surface area (Å²) in [6.07, 6.45) is 5.64. The fourth-order valence-electron chi connectivity index (χ4n) is 1.91. The predicted octanol–water partition coefficient (Wildman–Crippen LogP) is 0.466. The summed E-state index contributed by atoms with van der Waals surface area (Å²) in [5, 5.41) is 6.08. The molecule has 0 radical (unpaired) electrons. The average molecular weight is 249 g/mol. The Labute approximate surface area is 107 Å². The Bertz CT molecular complexity index is 364. The first-order valence-electron chi connectivity index (χ1n) is 6.32. The monoisotopic (exact) mass is 249 g/mol. The van der Waals surface area contributed by atoms with Gasteiger partial charge in [0.05, 0.1) is 6.10 Å². The van der Waals surface area contributed by atoms with Crippen LogP contribution in [0.15, 0.2) is 24.5 Å². The minimum Gasteiger partial charge on any atom is -0.368 e. The molecule has 1 aliphatic heterocycles. The number of carbonyl (C=O) groups excluding carboxylic acids is 1. The lowest BCUT2D eigenvalue weighted by Crippen LogP contribution is -2.35. The van der Waals surface area contributed by atoms with E-state index in [9.17, 15) is 4.79 Å². The van der Waals surface area contributed by atoms with E-state index in [1.807, 2.05) is 12.1 Å². The van der Waals surface area contributed by atoms with Crippen LogP contribution in [0.5, 0.6) is 0 Å². The quantitative estimate of drug-likeness (QED) is 0.796. The number of nitrogens with zero attached hydrogens (tertiary/aromatic N) is 1. The van der Waals surface area contributed by atoms with Gasteiger partial charge in [-0.3, -0.25) is 9.78 Å². The molecule has 0 aliphatic carbocycles. The molecule has 18 heavy (non-hydrogen) atoms. The van der Waals surface area contributed by atoms with Crippen LogP contribution in [0.25, 0.3) is 0 Å². The summed E-state index contributed by atoms with van der Waals surface area (Å²) in [6, 6.07) is 3.79. The van der Waals surface area contributed by atoms with Crippen LogP contribution in [-0.2, 0) is 16.1 Å².